The second-order valence-electron chi connectivity index (χ2n) is 8.16. The van der Waals surface area contributed by atoms with Crippen LogP contribution in [0.25, 0.3) is 0 Å². The molecule has 2 heterocycles. The van der Waals surface area contributed by atoms with Gasteiger partial charge in [0, 0.05) is 24.4 Å². The van der Waals surface area contributed by atoms with Gasteiger partial charge in [0.1, 0.15) is 5.82 Å². The number of amides is 1. The average molecular weight is 439 g/mol. The molecule has 30 heavy (non-hydrogen) atoms. The van der Waals surface area contributed by atoms with Crippen LogP contribution < -0.4 is 0 Å². The highest BCUT2D eigenvalue weighted by molar-refractivity contribution is 7.99. The van der Waals surface area contributed by atoms with Gasteiger partial charge in [-0.15, -0.1) is 21.5 Å². The molecule has 7 heteroatoms. The first kappa shape index (κ1) is 19.8. The highest BCUT2D eigenvalue weighted by Crippen LogP contribution is 2.39. The van der Waals surface area contributed by atoms with Crippen molar-refractivity contribution in [1.29, 1.82) is 0 Å². The van der Waals surface area contributed by atoms with Crippen LogP contribution in [0, 0.1) is 0 Å². The maximum atomic E-state index is 13.0. The Hall–Kier alpha value is -2.12. The molecule has 0 saturated heterocycles. The van der Waals surface area contributed by atoms with Crippen molar-refractivity contribution in [1.82, 2.24) is 19.7 Å². The molecule has 0 radical (unpaired) electrons. The molecule has 2 aliphatic rings. The van der Waals surface area contributed by atoms with Crippen LogP contribution in [-0.2, 0) is 17.6 Å². The van der Waals surface area contributed by atoms with Crippen LogP contribution in [0.15, 0.2) is 46.9 Å². The highest BCUT2D eigenvalue weighted by Gasteiger charge is 2.31. The predicted molar refractivity (Wildman–Crippen MR) is 121 cm³/mol. The fourth-order valence-electron chi connectivity index (χ4n) is 4.33. The lowest BCUT2D eigenvalue weighted by Crippen LogP contribution is -2.34. The lowest BCUT2D eigenvalue weighted by molar-refractivity contribution is -0.129. The number of carbonyl (C=O) groups excluding carboxylic acids is 1. The van der Waals surface area contributed by atoms with Gasteiger partial charge < -0.3 is 9.47 Å². The van der Waals surface area contributed by atoms with E-state index in [1.54, 1.807) is 11.3 Å². The maximum Gasteiger partial charge on any atom is 0.233 e. The zero-order valence-corrected chi connectivity index (χ0v) is 18.8. The predicted octanol–water partition coefficient (Wildman–Crippen LogP) is 4.89. The van der Waals surface area contributed by atoms with Crippen molar-refractivity contribution in [2.75, 3.05) is 12.8 Å². The Morgan fingerprint density at radius 1 is 1.20 bits per heavy atom. The summed E-state index contributed by atoms with van der Waals surface area (Å²) in [4.78, 5) is 16.3. The van der Waals surface area contributed by atoms with Crippen molar-refractivity contribution in [3.05, 3.63) is 63.6 Å². The minimum Gasteiger partial charge on any atom is -0.338 e. The van der Waals surface area contributed by atoms with E-state index < -0.39 is 0 Å². The Morgan fingerprint density at radius 3 is 2.87 bits per heavy atom. The van der Waals surface area contributed by atoms with E-state index in [1.807, 2.05) is 11.9 Å². The van der Waals surface area contributed by atoms with E-state index in [4.69, 9.17) is 0 Å². The van der Waals surface area contributed by atoms with E-state index in [0.717, 1.165) is 36.7 Å². The summed E-state index contributed by atoms with van der Waals surface area (Å²) in [6.45, 7) is 0. The Morgan fingerprint density at radius 2 is 2.07 bits per heavy atom. The van der Waals surface area contributed by atoms with Crippen LogP contribution in [0.5, 0.6) is 0 Å². The Labute approximate surface area is 185 Å². The molecular formula is C23H26N4OS2. The number of hydrogen-bond donors (Lipinski definition) is 0. The van der Waals surface area contributed by atoms with Crippen LogP contribution in [-0.4, -0.2) is 38.4 Å². The molecule has 1 saturated carbocycles. The lowest BCUT2D eigenvalue weighted by Gasteiger charge is -2.33. The number of benzene rings is 1. The van der Waals surface area contributed by atoms with Crippen LogP contribution in [0.4, 0.5) is 0 Å². The van der Waals surface area contributed by atoms with Gasteiger partial charge in [0.25, 0.3) is 0 Å². The second-order valence-corrected chi connectivity index (χ2v) is 10.1. The average Bonchev–Trinajstić information content (AvgIpc) is 3.33. The third-order valence-electron chi connectivity index (χ3n) is 6.08. The topological polar surface area (TPSA) is 51.0 Å². The molecule has 0 spiro atoms. The number of hydrogen-bond acceptors (Lipinski definition) is 5. The van der Waals surface area contributed by atoms with Crippen molar-refractivity contribution >= 4 is 29.0 Å². The van der Waals surface area contributed by atoms with E-state index in [1.165, 1.54) is 40.6 Å². The zero-order chi connectivity index (χ0) is 20.5. The molecule has 5 rings (SSSR count). The normalized spacial score (nSPS) is 18.2. The van der Waals surface area contributed by atoms with Crippen LogP contribution in [0.2, 0.25) is 0 Å². The van der Waals surface area contributed by atoms with Crippen molar-refractivity contribution in [3.8, 4) is 0 Å². The molecule has 1 fully saturated rings. The molecule has 0 unspecified atom stereocenters. The molecule has 0 N–H and O–H groups in total. The molecule has 5 nitrogen and oxygen atoms in total. The van der Waals surface area contributed by atoms with E-state index in [0.29, 0.717) is 11.8 Å². The molecule has 1 aromatic carbocycles. The van der Waals surface area contributed by atoms with Crippen molar-refractivity contribution in [2.45, 2.75) is 55.8 Å². The van der Waals surface area contributed by atoms with E-state index in [9.17, 15) is 4.79 Å². The van der Waals surface area contributed by atoms with Crippen molar-refractivity contribution in [2.24, 2.45) is 0 Å². The fourth-order valence-corrected chi connectivity index (χ4v) is 5.98. The number of fused-ring (bicyclic) bond motifs is 1. The largest absolute Gasteiger partial charge is 0.338 e. The van der Waals surface area contributed by atoms with Crippen LogP contribution in [0.3, 0.4) is 0 Å². The Balaban J connectivity index is 1.27. The molecule has 156 valence electrons. The summed E-state index contributed by atoms with van der Waals surface area (Å²) in [5.41, 5.74) is 2.69. The molecule has 2 aromatic heterocycles. The molecule has 2 aliphatic carbocycles. The first-order chi connectivity index (χ1) is 14.7. The first-order valence-electron chi connectivity index (χ1n) is 10.6. The number of aryl methyl sites for hydroxylation is 1. The van der Waals surface area contributed by atoms with Crippen molar-refractivity contribution < 1.29 is 4.79 Å². The molecule has 0 bridgehead atoms. The summed E-state index contributed by atoms with van der Waals surface area (Å²) >= 11 is 3.28. The quantitative estimate of drug-likeness (QED) is 0.493. The van der Waals surface area contributed by atoms with Gasteiger partial charge >= 0.3 is 0 Å². The van der Waals surface area contributed by atoms with E-state index in [-0.39, 0.29) is 11.9 Å². The fraction of sp³-hybridized carbons (Fsp3) is 0.435. The highest BCUT2D eigenvalue weighted by atomic mass is 32.2. The summed E-state index contributed by atoms with van der Waals surface area (Å²) in [6.07, 6.45) is 6.45. The monoisotopic (exact) mass is 438 g/mol. The molecule has 3 aromatic rings. The number of thioether (sulfide) groups is 1. The van der Waals surface area contributed by atoms with Gasteiger partial charge in [-0.1, -0.05) is 42.1 Å². The van der Waals surface area contributed by atoms with E-state index in [2.05, 4.69) is 56.5 Å². The smallest absolute Gasteiger partial charge is 0.233 e. The SMILES string of the molecule is CN(C(=O)CSc1nnc(Cc2cccs2)n1C1CC1)[C@H]1CCCc2ccccc21. The van der Waals surface area contributed by atoms with Gasteiger partial charge in [-0.25, -0.2) is 0 Å². The molecular weight excluding hydrogens is 412 g/mol. The molecule has 1 atom stereocenters. The lowest BCUT2D eigenvalue weighted by atomic mass is 9.87. The summed E-state index contributed by atoms with van der Waals surface area (Å²) < 4.78 is 2.27. The van der Waals surface area contributed by atoms with Gasteiger partial charge in [0.05, 0.1) is 11.8 Å². The number of carbonyl (C=O) groups is 1. The number of thiophene rings is 1. The summed E-state index contributed by atoms with van der Waals surface area (Å²) in [7, 11) is 1.95. The van der Waals surface area contributed by atoms with Gasteiger partial charge in [-0.3, -0.25) is 4.79 Å². The van der Waals surface area contributed by atoms with Crippen molar-refractivity contribution in [3.63, 3.8) is 0 Å². The Kier molecular flexibility index (Phi) is 5.65. The number of aromatic nitrogens is 3. The molecule has 1 amide bonds. The summed E-state index contributed by atoms with van der Waals surface area (Å²) in [6, 6.07) is 13.4. The number of nitrogens with zero attached hydrogens (tertiary/aromatic N) is 4. The maximum absolute atomic E-state index is 13.0. The summed E-state index contributed by atoms with van der Waals surface area (Å²) in [5.74, 6) is 1.58. The second kappa shape index (κ2) is 8.55. The first-order valence-corrected chi connectivity index (χ1v) is 12.5. The van der Waals surface area contributed by atoms with Crippen LogP contribution >= 0.6 is 23.1 Å². The third-order valence-corrected chi connectivity index (χ3v) is 7.89. The zero-order valence-electron chi connectivity index (χ0n) is 17.2. The van der Waals surface area contributed by atoms with E-state index >= 15 is 0 Å². The minimum absolute atomic E-state index is 0.159. The van der Waals surface area contributed by atoms with Crippen LogP contribution in [0.1, 0.15) is 59.6 Å². The number of rotatable bonds is 7. The molecule has 0 aliphatic heterocycles. The Bertz CT molecular complexity index is 1030. The summed E-state index contributed by atoms with van der Waals surface area (Å²) in [5, 5.41) is 11.9. The van der Waals surface area contributed by atoms with Gasteiger partial charge in [0.2, 0.25) is 5.91 Å². The minimum atomic E-state index is 0.159. The van der Waals surface area contributed by atoms with Gasteiger partial charge in [-0.05, 0) is 54.7 Å². The standard InChI is InChI=1S/C23H26N4OS2/c1-26(20-10-4-7-16-6-2-3-9-19(16)20)22(28)15-30-23-25-24-21(27(23)17-11-12-17)14-18-8-5-13-29-18/h2-3,5-6,8-9,13,17,20H,4,7,10-12,14-15H2,1H3/t20-/m0/s1. The third kappa shape index (κ3) is 4.05. The van der Waals surface area contributed by atoms with Gasteiger partial charge in [-0.2, -0.15) is 0 Å². The van der Waals surface area contributed by atoms with Gasteiger partial charge in [0.15, 0.2) is 5.16 Å².